The summed E-state index contributed by atoms with van der Waals surface area (Å²) in [4.78, 5) is 11.9. The summed E-state index contributed by atoms with van der Waals surface area (Å²) < 4.78 is 10.8. The molecule has 154 valence electrons. The first-order valence-corrected chi connectivity index (χ1v) is 11.1. The van der Waals surface area contributed by atoms with Crippen molar-refractivity contribution in [3.8, 4) is 5.75 Å². The van der Waals surface area contributed by atoms with Gasteiger partial charge in [0.05, 0.1) is 28.8 Å². The summed E-state index contributed by atoms with van der Waals surface area (Å²) in [5, 5.41) is 0.691. The van der Waals surface area contributed by atoms with Gasteiger partial charge in [-0.3, -0.25) is 0 Å². The van der Waals surface area contributed by atoms with Gasteiger partial charge in [0.15, 0.2) is 5.75 Å². The van der Waals surface area contributed by atoms with Crippen LogP contribution in [-0.2, 0) is 4.74 Å². The van der Waals surface area contributed by atoms with Gasteiger partial charge in [-0.15, -0.1) is 0 Å². The fourth-order valence-corrected chi connectivity index (χ4v) is 3.45. The van der Waals surface area contributed by atoms with E-state index in [0.29, 0.717) is 34.6 Å². The molecule has 1 aromatic carbocycles. The average Bonchev–Trinajstić information content (AvgIpc) is 2.65. The summed E-state index contributed by atoms with van der Waals surface area (Å²) in [6.45, 7) is 5.15. The van der Waals surface area contributed by atoms with Gasteiger partial charge in [0, 0.05) is 0 Å². The van der Waals surface area contributed by atoms with Gasteiger partial charge in [0.2, 0.25) is 0 Å². The first-order chi connectivity index (χ1) is 13.1. The van der Waals surface area contributed by atoms with E-state index in [0.717, 1.165) is 19.3 Å². The Bertz CT molecular complexity index is 523. The monoisotopic (exact) mass is 416 g/mol. The van der Waals surface area contributed by atoms with Crippen molar-refractivity contribution >= 4 is 29.2 Å². The van der Waals surface area contributed by atoms with Gasteiger partial charge in [-0.25, -0.2) is 4.79 Å². The lowest BCUT2D eigenvalue weighted by Gasteiger charge is -2.12. The molecule has 0 atom stereocenters. The van der Waals surface area contributed by atoms with Crippen LogP contribution in [0.15, 0.2) is 12.1 Å². The van der Waals surface area contributed by atoms with Gasteiger partial charge in [-0.05, 0) is 25.0 Å². The van der Waals surface area contributed by atoms with E-state index in [1.807, 2.05) is 6.92 Å². The molecule has 0 amide bonds. The van der Waals surface area contributed by atoms with E-state index >= 15 is 0 Å². The van der Waals surface area contributed by atoms with Crippen molar-refractivity contribution in [2.45, 2.75) is 84.5 Å². The Labute approximate surface area is 174 Å². The molecule has 0 fully saturated rings. The lowest BCUT2D eigenvalue weighted by Crippen LogP contribution is -2.07. The van der Waals surface area contributed by atoms with Crippen LogP contribution in [-0.4, -0.2) is 19.2 Å². The molecule has 0 spiro atoms. The van der Waals surface area contributed by atoms with Gasteiger partial charge in [-0.1, -0.05) is 94.8 Å². The molecule has 0 bridgehead atoms. The number of unbranched alkanes of at least 4 members (excludes halogenated alkanes) is 9. The SMILES string of the molecule is CCCCCCCCCCCCOc1c(Cl)cc(C(=O)OCCC)cc1Cl. The van der Waals surface area contributed by atoms with Crippen LogP contribution in [0.3, 0.4) is 0 Å². The number of carbonyl (C=O) groups is 1. The van der Waals surface area contributed by atoms with Crippen LogP contribution >= 0.6 is 23.2 Å². The van der Waals surface area contributed by atoms with Crippen molar-refractivity contribution in [2.24, 2.45) is 0 Å². The van der Waals surface area contributed by atoms with E-state index in [9.17, 15) is 4.79 Å². The maximum absolute atomic E-state index is 11.9. The Balaban J connectivity index is 2.24. The summed E-state index contributed by atoms with van der Waals surface area (Å²) in [7, 11) is 0. The summed E-state index contributed by atoms with van der Waals surface area (Å²) in [5.74, 6) is 0.0307. The van der Waals surface area contributed by atoms with E-state index in [1.165, 1.54) is 51.4 Å². The zero-order chi connectivity index (χ0) is 19.9. The number of esters is 1. The second-order valence-electron chi connectivity index (χ2n) is 6.94. The number of carbonyl (C=O) groups excluding carboxylic acids is 1. The molecule has 0 saturated carbocycles. The number of halogens is 2. The van der Waals surface area contributed by atoms with Crippen LogP contribution in [0, 0.1) is 0 Å². The number of benzene rings is 1. The fourth-order valence-electron chi connectivity index (χ4n) is 2.86. The minimum Gasteiger partial charge on any atom is -0.490 e. The third-order valence-corrected chi connectivity index (χ3v) is 4.98. The van der Waals surface area contributed by atoms with Crippen molar-refractivity contribution in [2.75, 3.05) is 13.2 Å². The number of rotatable bonds is 15. The number of hydrogen-bond acceptors (Lipinski definition) is 3. The van der Waals surface area contributed by atoms with Crippen LogP contribution < -0.4 is 4.74 Å². The van der Waals surface area contributed by atoms with Gasteiger partial charge >= 0.3 is 5.97 Å². The molecule has 0 aliphatic heterocycles. The third-order valence-electron chi connectivity index (χ3n) is 4.42. The average molecular weight is 417 g/mol. The summed E-state index contributed by atoms with van der Waals surface area (Å²) >= 11 is 12.5. The maximum Gasteiger partial charge on any atom is 0.338 e. The molecule has 0 radical (unpaired) electrons. The Morgan fingerprint density at radius 3 is 1.81 bits per heavy atom. The van der Waals surface area contributed by atoms with Crippen LogP contribution in [0.5, 0.6) is 5.75 Å². The number of ether oxygens (including phenoxy) is 2. The van der Waals surface area contributed by atoms with Crippen molar-refractivity contribution in [1.29, 1.82) is 0 Å². The van der Waals surface area contributed by atoms with Gasteiger partial charge in [0.25, 0.3) is 0 Å². The van der Waals surface area contributed by atoms with Crippen molar-refractivity contribution < 1.29 is 14.3 Å². The van der Waals surface area contributed by atoms with E-state index < -0.39 is 5.97 Å². The van der Waals surface area contributed by atoms with E-state index in [1.54, 1.807) is 12.1 Å². The fraction of sp³-hybridized carbons (Fsp3) is 0.682. The summed E-state index contributed by atoms with van der Waals surface area (Å²) in [6.07, 6.45) is 13.5. The molecule has 5 heteroatoms. The molecule has 0 aliphatic carbocycles. The molecule has 0 unspecified atom stereocenters. The summed E-state index contributed by atoms with van der Waals surface area (Å²) in [5.41, 5.74) is 0.352. The molecular weight excluding hydrogens is 383 g/mol. The van der Waals surface area contributed by atoms with E-state index in [2.05, 4.69) is 6.92 Å². The van der Waals surface area contributed by atoms with Crippen LogP contribution in [0.25, 0.3) is 0 Å². The number of hydrogen-bond donors (Lipinski definition) is 0. The van der Waals surface area contributed by atoms with Gasteiger partial charge in [0.1, 0.15) is 0 Å². The van der Waals surface area contributed by atoms with Crippen LogP contribution in [0.2, 0.25) is 10.0 Å². The predicted molar refractivity (Wildman–Crippen MR) is 114 cm³/mol. The Morgan fingerprint density at radius 2 is 1.30 bits per heavy atom. The first kappa shape index (κ1) is 24.1. The van der Waals surface area contributed by atoms with Crippen LogP contribution in [0.1, 0.15) is 94.8 Å². The Morgan fingerprint density at radius 1 is 0.778 bits per heavy atom. The molecule has 0 N–H and O–H groups in total. The minimum absolute atomic E-state index is 0.345. The molecule has 0 aliphatic rings. The van der Waals surface area contributed by atoms with Crippen molar-refractivity contribution in [3.05, 3.63) is 27.7 Å². The molecular formula is C22H34Cl2O3. The lowest BCUT2D eigenvalue weighted by atomic mass is 10.1. The largest absolute Gasteiger partial charge is 0.490 e. The van der Waals surface area contributed by atoms with Crippen LogP contribution in [0.4, 0.5) is 0 Å². The van der Waals surface area contributed by atoms with Crippen molar-refractivity contribution in [1.82, 2.24) is 0 Å². The van der Waals surface area contributed by atoms with Gasteiger partial charge in [-0.2, -0.15) is 0 Å². The molecule has 27 heavy (non-hydrogen) atoms. The second kappa shape index (κ2) is 15.0. The molecule has 0 aromatic heterocycles. The Hall–Kier alpha value is -0.930. The third kappa shape index (κ3) is 10.3. The highest BCUT2D eigenvalue weighted by Gasteiger charge is 2.15. The smallest absolute Gasteiger partial charge is 0.338 e. The zero-order valence-electron chi connectivity index (χ0n) is 16.8. The van der Waals surface area contributed by atoms with Crippen molar-refractivity contribution in [3.63, 3.8) is 0 Å². The topological polar surface area (TPSA) is 35.5 Å². The highest BCUT2D eigenvalue weighted by molar-refractivity contribution is 6.37. The summed E-state index contributed by atoms with van der Waals surface area (Å²) in [6, 6.07) is 3.11. The first-order valence-electron chi connectivity index (χ1n) is 10.4. The molecule has 1 aromatic rings. The second-order valence-corrected chi connectivity index (χ2v) is 7.75. The highest BCUT2D eigenvalue weighted by atomic mass is 35.5. The molecule has 3 nitrogen and oxygen atoms in total. The predicted octanol–water partition coefficient (Wildman–Crippen LogP) is 7.86. The Kier molecular flexibility index (Phi) is 13.4. The quantitative estimate of drug-likeness (QED) is 0.215. The minimum atomic E-state index is -0.415. The standard InChI is InChI=1S/C22H34Cl2O3/c1-3-5-6-7-8-9-10-11-12-13-15-26-21-19(23)16-18(17-20(21)24)22(25)27-14-4-2/h16-17H,3-15H2,1-2H3. The maximum atomic E-state index is 11.9. The highest BCUT2D eigenvalue weighted by Crippen LogP contribution is 2.34. The van der Waals surface area contributed by atoms with E-state index in [4.69, 9.17) is 32.7 Å². The lowest BCUT2D eigenvalue weighted by molar-refractivity contribution is 0.0505. The molecule has 0 heterocycles. The molecule has 0 saturated heterocycles. The molecule has 1 rings (SSSR count). The van der Waals surface area contributed by atoms with Gasteiger partial charge < -0.3 is 9.47 Å². The zero-order valence-corrected chi connectivity index (χ0v) is 18.3. The van der Waals surface area contributed by atoms with E-state index in [-0.39, 0.29) is 0 Å². The normalized spacial score (nSPS) is 10.8.